The number of anilines is 1. The highest BCUT2D eigenvalue weighted by Crippen LogP contribution is 2.13. The van der Waals surface area contributed by atoms with E-state index in [-0.39, 0.29) is 12.0 Å². The Hall–Kier alpha value is -1.62. The Morgan fingerprint density at radius 1 is 1.53 bits per heavy atom. The van der Waals surface area contributed by atoms with Crippen LogP contribution in [0.1, 0.15) is 30.8 Å². The van der Waals surface area contributed by atoms with Gasteiger partial charge in [0.2, 0.25) is 0 Å². The second-order valence-electron chi connectivity index (χ2n) is 4.61. The van der Waals surface area contributed by atoms with Gasteiger partial charge in [0.25, 0.3) is 5.91 Å². The maximum Gasteiger partial charge on any atom is 0.272 e. The first-order chi connectivity index (χ1) is 9.24. The third-order valence-corrected chi connectivity index (χ3v) is 3.24. The molecule has 1 unspecified atom stereocenters. The van der Waals surface area contributed by atoms with Gasteiger partial charge in [0.05, 0.1) is 24.6 Å². The van der Waals surface area contributed by atoms with E-state index < -0.39 is 0 Å². The van der Waals surface area contributed by atoms with Crippen LogP contribution in [0.3, 0.4) is 0 Å². The molecule has 0 spiro atoms. The van der Waals surface area contributed by atoms with Crippen LogP contribution in [0.5, 0.6) is 0 Å². The molecule has 1 aromatic rings. The van der Waals surface area contributed by atoms with Gasteiger partial charge in [-0.25, -0.2) is 4.98 Å². The first kappa shape index (κ1) is 13.8. The minimum atomic E-state index is -0.00945. The van der Waals surface area contributed by atoms with Crippen LogP contribution in [0.4, 0.5) is 5.69 Å². The van der Waals surface area contributed by atoms with Crippen molar-refractivity contribution in [2.45, 2.75) is 26.4 Å². The summed E-state index contributed by atoms with van der Waals surface area (Å²) in [5.74, 6) is -0.00945. The van der Waals surface area contributed by atoms with E-state index in [2.05, 4.69) is 17.2 Å². The summed E-state index contributed by atoms with van der Waals surface area (Å²) in [6.07, 6.45) is 2.78. The van der Waals surface area contributed by atoms with Gasteiger partial charge in [0.1, 0.15) is 5.69 Å². The van der Waals surface area contributed by atoms with E-state index in [1.165, 1.54) is 0 Å². The molecular formula is C14H21N3O2. The molecule has 1 aliphatic heterocycles. The molecule has 1 aliphatic rings. The molecule has 2 rings (SSSR count). The average Bonchev–Trinajstić information content (AvgIpc) is 2.48. The fourth-order valence-electron chi connectivity index (χ4n) is 2.14. The number of carbonyl (C=O) groups is 1. The van der Waals surface area contributed by atoms with E-state index in [0.29, 0.717) is 25.4 Å². The van der Waals surface area contributed by atoms with Crippen molar-refractivity contribution in [1.29, 1.82) is 0 Å². The number of pyridine rings is 1. The van der Waals surface area contributed by atoms with Gasteiger partial charge in [-0.3, -0.25) is 4.79 Å². The molecule has 0 saturated carbocycles. The monoisotopic (exact) mass is 263 g/mol. The number of morpholine rings is 1. The van der Waals surface area contributed by atoms with Crippen molar-refractivity contribution in [2.24, 2.45) is 0 Å². The van der Waals surface area contributed by atoms with E-state index in [0.717, 1.165) is 18.7 Å². The van der Waals surface area contributed by atoms with Crippen LogP contribution in [0, 0.1) is 0 Å². The predicted molar refractivity (Wildman–Crippen MR) is 74.3 cm³/mol. The Kier molecular flexibility index (Phi) is 4.74. The minimum Gasteiger partial charge on any atom is -0.384 e. The molecule has 0 aliphatic carbocycles. The second-order valence-corrected chi connectivity index (χ2v) is 4.61. The zero-order valence-corrected chi connectivity index (χ0v) is 11.6. The van der Waals surface area contributed by atoms with Crippen molar-refractivity contribution in [3.63, 3.8) is 0 Å². The zero-order chi connectivity index (χ0) is 13.7. The summed E-state index contributed by atoms with van der Waals surface area (Å²) < 4.78 is 5.57. The van der Waals surface area contributed by atoms with Crippen molar-refractivity contribution < 1.29 is 9.53 Å². The number of rotatable bonds is 4. The zero-order valence-electron chi connectivity index (χ0n) is 11.6. The molecule has 1 fully saturated rings. The fraction of sp³-hybridized carbons (Fsp3) is 0.571. The molecule has 0 aromatic carbocycles. The predicted octanol–water partition coefficient (Wildman–Crippen LogP) is 1.76. The van der Waals surface area contributed by atoms with Crippen LogP contribution >= 0.6 is 0 Å². The lowest BCUT2D eigenvalue weighted by Crippen LogP contribution is -2.45. The molecule has 0 radical (unpaired) electrons. The Bertz CT molecular complexity index is 419. The number of hydrogen-bond donors (Lipinski definition) is 1. The van der Waals surface area contributed by atoms with E-state index >= 15 is 0 Å². The molecule has 0 bridgehead atoms. The number of nitrogens with zero attached hydrogens (tertiary/aromatic N) is 2. The van der Waals surface area contributed by atoms with Crippen molar-refractivity contribution in [1.82, 2.24) is 9.88 Å². The van der Waals surface area contributed by atoms with E-state index in [1.807, 2.05) is 17.9 Å². The van der Waals surface area contributed by atoms with Gasteiger partial charge in [0.15, 0.2) is 0 Å². The van der Waals surface area contributed by atoms with Crippen molar-refractivity contribution in [3.05, 3.63) is 24.0 Å². The van der Waals surface area contributed by atoms with Gasteiger partial charge in [0, 0.05) is 19.6 Å². The molecule has 104 valence electrons. The van der Waals surface area contributed by atoms with Gasteiger partial charge in [-0.05, 0) is 25.5 Å². The van der Waals surface area contributed by atoms with E-state index in [4.69, 9.17) is 4.74 Å². The number of aromatic nitrogens is 1. The van der Waals surface area contributed by atoms with Crippen LogP contribution in [-0.4, -0.2) is 48.1 Å². The lowest BCUT2D eigenvalue weighted by atomic mass is 10.2. The summed E-state index contributed by atoms with van der Waals surface area (Å²) in [6.45, 7) is 6.86. The lowest BCUT2D eigenvalue weighted by Gasteiger charge is -2.32. The van der Waals surface area contributed by atoms with E-state index in [1.54, 1.807) is 12.3 Å². The number of nitrogens with one attached hydrogen (secondary N) is 1. The van der Waals surface area contributed by atoms with E-state index in [9.17, 15) is 4.79 Å². The van der Waals surface area contributed by atoms with Crippen LogP contribution < -0.4 is 5.32 Å². The molecule has 5 heteroatoms. The summed E-state index contributed by atoms with van der Waals surface area (Å²) in [5.41, 5.74) is 1.44. The van der Waals surface area contributed by atoms with Crippen molar-refractivity contribution in [2.75, 3.05) is 31.6 Å². The summed E-state index contributed by atoms with van der Waals surface area (Å²) in [7, 11) is 0. The average molecular weight is 263 g/mol. The van der Waals surface area contributed by atoms with Crippen molar-refractivity contribution >= 4 is 11.6 Å². The maximum absolute atomic E-state index is 12.3. The standard InChI is InChI=1S/C14H21N3O2/c1-3-12-10-17(7-8-19-12)14(18)13-6-5-11(9-16-13)15-4-2/h5-6,9,12,15H,3-4,7-8,10H2,1-2H3. The highest BCUT2D eigenvalue weighted by molar-refractivity contribution is 5.92. The maximum atomic E-state index is 12.3. The van der Waals surface area contributed by atoms with Gasteiger partial charge in [-0.1, -0.05) is 6.92 Å². The van der Waals surface area contributed by atoms with Crippen LogP contribution in [0.2, 0.25) is 0 Å². The minimum absolute atomic E-state index is 0.00945. The summed E-state index contributed by atoms with van der Waals surface area (Å²) in [4.78, 5) is 18.4. The molecule has 1 saturated heterocycles. The number of hydrogen-bond acceptors (Lipinski definition) is 4. The number of carbonyl (C=O) groups excluding carboxylic acids is 1. The number of amides is 1. The molecule has 1 amide bonds. The van der Waals surface area contributed by atoms with Crippen LogP contribution in [0.15, 0.2) is 18.3 Å². The molecular weight excluding hydrogens is 242 g/mol. The first-order valence-corrected chi connectivity index (χ1v) is 6.85. The Balaban J connectivity index is 2.02. The molecule has 2 heterocycles. The number of ether oxygens (including phenoxy) is 1. The third kappa shape index (κ3) is 3.44. The highest BCUT2D eigenvalue weighted by atomic mass is 16.5. The van der Waals surface area contributed by atoms with Gasteiger partial charge in [-0.2, -0.15) is 0 Å². The van der Waals surface area contributed by atoms with Crippen LogP contribution in [0.25, 0.3) is 0 Å². The summed E-state index contributed by atoms with van der Waals surface area (Å²) in [5, 5.41) is 3.16. The first-order valence-electron chi connectivity index (χ1n) is 6.85. The smallest absolute Gasteiger partial charge is 0.272 e. The Morgan fingerprint density at radius 2 is 2.37 bits per heavy atom. The Morgan fingerprint density at radius 3 is 3.00 bits per heavy atom. The molecule has 1 atom stereocenters. The molecule has 1 aromatic heterocycles. The van der Waals surface area contributed by atoms with Crippen LogP contribution in [-0.2, 0) is 4.74 Å². The third-order valence-electron chi connectivity index (χ3n) is 3.24. The highest BCUT2D eigenvalue weighted by Gasteiger charge is 2.24. The second kappa shape index (κ2) is 6.52. The lowest BCUT2D eigenvalue weighted by molar-refractivity contribution is -0.0228. The molecule has 5 nitrogen and oxygen atoms in total. The van der Waals surface area contributed by atoms with Gasteiger partial charge >= 0.3 is 0 Å². The van der Waals surface area contributed by atoms with Crippen molar-refractivity contribution in [3.8, 4) is 0 Å². The largest absolute Gasteiger partial charge is 0.384 e. The van der Waals surface area contributed by atoms with Gasteiger partial charge < -0.3 is 15.0 Å². The summed E-state index contributed by atoms with van der Waals surface area (Å²) >= 11 is 0. The quantitative estimate of drug-likeness (QED) is 0.899. The topological polar surface area (TPSA) is 54.5 Å². The Labute approximate surface area is 114 Å². The summed E-state index contributed by atoms with van der Waals surface area (Å²) in [6, 6.07) is 3.66. The van der Waals surface area contributed by atoms with Gasteiger partial charge in [-0.15, -0.1) is 0 Å². The normalized spacial score (nSPS) is 19.3. The molecule has 1 N–H and O–H groups in total. The fourth-order valence-corrected chi connectivity index (χ4v) is 2.14. The SMILES string of the molecule is CCNc1ccc(C(=O)N2CCOC(CC)C2)nc1. The molecule has 19 heavy (non-hydrogen) atoms.